The molecule has 0 bridgehead atoms. The zero-order valence-electron chi connectivity index (χ0n) is 13.3. The van der Waals surface area contributed by atoms with Gasteiger partial charge in [0.05, 0.1) is 0 Å². The second-order valence-corrected chi connectivity index (χ2v) is 5.38. The number of carboxylic acids is 1. The first-order valence-corrected chi connectivity index (χ1v) is 7.73. The Kier molecular flexibility index (Phi) is 5.03. The third kappa shape index (κ3) is 4.20. The molecular formula is C18H17NO6. The summed E-state index contributed by atoms with van der Waals surface area (Å²) < 4.78 is 15.9. The van der Waals surface area contributed by atoms with Crippen LogP contribution in [-0.4, -0.2) is 30.4 Å². The van der Waals surface area contributed by atoms with Gasteiger partial charge in [-0.05, 0) is 23.3 Å². The van der Waals surface area contributed by atoms with E-state index in [1.54, 1.807) is 18.2 Å². The predicted octanol–water partition coefficient (Wildman–Crippen LogP) is 2.51. The highest BCUT2D eigenvalue weighted by Gasteiger charge is 2.25. The molecular weight excluding hydrogens is 326 g/mol. The van der Waals surface area contributed by atoms with E-state index in [9.17, 15) is 14.7 Å². The summed E-state index contributed by atoms with van der Waals surface area (Å²) in [6.07, 6.45) is -0.814. The van der Waals surface area contributed by atoms with Crippen molar-refractivity contribution >= 4 is 12.1 Å². The summed E-state index contributed by atoms with van der Waals surface area (Å²) in [7, 11) is 0. The van der Waals surface area contributed by atoms with Crippen LogP contribution in [0.5, 0.6) is 11.5 Å². The summed E-state index contributed by atoms with van der Waals surface area (Å²) in [5.41, 5.74) is 1.18. The molecule has 0 radical (unpaired) electrons. The number of alkyl carbamates (subject to hydrolysis) is 1. The lowest BCUT2D eigenvalue weighted by Crippen LogP contribution is -2.34. The standard InChI is InChI=1S/C18H17NO6/c20-17(21)16(13-6-7-14-15(10-13)24-9-8-23-14)19-18(22)25-11-12-4-2-1-3-5-12/h1-7,10,16H,8-9,11H2,(H,19,22)(H,20,21). The van der Waals surface area contributed by atoms with Gasteiger partial charge in [-0.15, -0.1) is 0 Å². The Labute approximate surface area is 144 Å². The molecule has 0 aromatic heterocycles. The fraction of sp³-hybridized carbons (Fsp3) is 0.222. The molecule has 0 aliphatic carbocycles. The van der Waals surface area contributed by atoms with Crippen LogP contribution >= 0.6 is 0 Å². The molecule has 3 rings (SSSR count). The van der Waals surface area contributed by atoms with Gasteiger partial charge in [0, 0.05) is 0 Å². The predicted molar refractivity (Wildman–Crippen MR) is 87.6 cm³/mol. The smallest absolute Gasteiger partial charge is 0.408 e. The Bertz CT molecular complexity index is 761. The fourth-order valence-corrected chi connectivity index (χ4v) is 2.41. The van der Waals surface area contributed by atoms with Crippen molar-refractivity contribution in [1.29, 1.82) is 0 Å². The van der Waals surface area contributed by atoms with Crippen LogP contribution in [0.1, 0.15) is 17.2 Å². The fourth-order valence-electron chi connectivity index (χ4n) is 2.41. The summed E-state index contributed by atoms with van der Waals surface area (Å²) in [4.78, 5) is 23.5. The minimum Gasteiger partial charge on any atom is -0.486 e. The third-order valence-electron chi connectivity index (χ3n) is 3.62. The van der Waals surface area contributed by atoms with Crippen LogP contribution in [-0.2, 0) is 16.1 Å². The van der Waals surface area contributed by atoms with E-state index in [1.807, 2.05) is 30.3 Å². The molecule has 0 saturated carbocycles. The van der Waals surface area contributed by atoms with Crippen molar-refractivity contribution in [3.63, 3.8) is 0 Å². The van der Waals surface area contributed by atoms with Gasteiger partial charge >= 0.3 is 12.1 Å². The summed E-state index contributed by atoms with van der Waals surface area (Å²) in [6, 6.07) is 12.6. The van der Waals surface area contributed by atoms with Gasteiger partial charge in [-0.25, -0.2) is 9.59 Å². The molecule has 2 aromatic carbocycles. The summed E-state index contributed by atoms with van der Waals surface area (Å²) >= 11 is 0. The minimum atomic E-state index is -1.25. The second kappa shape index (κ2) is 7.57. The lowest BCUT2D eigenvalue weighted by atomic mass is 10.1. The van der Waals surface area contributed by atoms with E-state index in [0.29, 0.717) is 30.3 Å². The molecule has 1 atom stereocenters. The van der Waals surface area contributed by atoms with Crippen LogP contribution < -0.4 is 14.8 Å². The van der Waals surface area contributed by atoms with Crippen LogP contribution in [0.2, 0.25) is 0 Å². The van der Waals surface area contributed by atoms with E-state index >= 15 is 0 Å². The number of hydrogen-bond acceptors (Lipinski definition) is 5. The van der Waals surface area contributed by atoms with E-state index in [2.05, 4.69) is 5.32 Å². The Balaban J connectivity index is 1.67. The molecule has 1 aliphatic heterocycles. The Morgan fingerprint density at radius 2 is 1.80 bits per heavy atom. The van der Waals surface area contributed by atoms with Crippen LogP contribution in [0.3, 0.4) is 0 Å². The first kappa shape index (κ1) is 16.6. The second-order valence-electron chi connectivity index (χ2n) is 5.38. The molecule has 7 heteroatoms. The number of rotatable bonds is 5. The van der Waals surface area contributed by atoms with Gasteiger partial charge in [0.25, 0.3) is 0 Å². The number of carbonyl (C=O) groups is 2. The average molecular weight is 343 g/mol. The largest absolute Gasteiger partial charge is 0.486 e. The Hall–Kier alpha value is -3.22. The zero-order valence-corrected chi connectivity index (χ0v) is 13.3. The van der Waals surface area contributed by atoms with E-state index in [0.717, 1.165) is 5.56 Å². The van der Waals surface area contributed by atoms with Crippen molar-refractivity contribution < 1.29 is 28.9 Å². The molecule has 1 unspecified atom stereocenters. The number of carboxylic acid groups (broad SMARTS) is 1. The number of amides is 1. The van der Waals surface area contributed by atoms with Gasteiger partial charge in [-0.3, -0.25) is 0 Å². The number of ether oxygens (including phenoxy) is 3. The lowest BCUT2D eigenvalue weighted by molar-refractivity contribution is -0.139. The zero-order chi connectivity index (χ0) is 17.6. The first-order chi connectivity index (χ1) is 12.1. The summed E-state index contributed by atoms with van der Waals surface area (Å²) in [5.74, 6) is -0.200. The van der Waals surface area contributed by atoms with Gasteiger partial charge < -0.3 is 24.6 Å². The van der Waals surface area contributed by atoms with Crippen molar-refractivity contribution in [2.24, 2.45) is 0 Å². The number of nitrogens with one attached hydrogen (secondary N) is 1. The molecule has 0 fully saturated rings. The molecule has 1 aliphatic rings. The van der Waals surface area contributed by atoms with Crippen molar-refractivity contribution in [3.8, 4) is 11.5 Å². The van der Waals surface area contributed by atoms with Crippen LogP contribution in [0, 0.1) is 0 Å². The molecule has 2 N–H and O–H groups in total. The molecule has 0 spiro atoms. The number of benzene rings is 2. The maximum Gasteiger partial charge on any atom is 0.408 e. The maximum absolute atomic E-state index is 11.9. The minimum absolute atomic E-state index is 0.0557. The van der Waals surface area contributed by atoms with Crippen molar-refractivity contribution in [2.75, 3.05) is 13.2 Å². The summed E-state index contributed by atoms with van der Waals surface area (Å²) in [6.45, 7) is 0.889. The van der Waals surface area contributed by atoms with Crippen LogP contribution in [0.15, 0.2) is 48.5 Å². The van der Waals surface area contributed by atoms with Gasteiger partial charge in [0.1, 0.15) is 19.8 Å². The SMILES string of the molecule is O=C(NC(C(=O)O)c1ccc2c(c1)OCCO2)OCc1ccccc1. The highest BCUT2D eigenvalue weighted by molar-refractivity contribution is 5.81. The monoisotopic (exact) mass is 343 g/mol. The van der Waals surface area contributed by atoms with Crippen molar-refractivity contribution in [3.05, 3.63) is 59.7 Å². The number of fused-ring (bicyclic) bond motifs is 1. The Morgan fingerprint density at radius 1 is 1.08 bits per heavy atom. The molecule has 2 aromatic rings. The molecule has 7 nitrogen and oxygen atoms in total. The van der Waals surface area contributed by atoms with Gasteiger partial charge in [0.2, 0.25) is 0 Å². The highest BCUT2D eigenvalue weighted by atomic mass is 16.6. The average Bonchev–Trinajstić information content (AvgIpc) is 2.64. The van der Waals surface area contributed by atoms with Crippen LogP contribution in [0.25, 0.3) is 0 Å². The Morgan fingerprint density at radius 3 is 2.52 bits per heavy atom. The highest BCUT2D eigenvalue weighted by Crippen LogP contribution is 2.32. The van der Waals surface area contributed by atoms with E-state index in [4.69, 9.17) is 14.2 Å². The summed E-state index contributed by atoms with van der Waals surface area (Å²) in [5, 5.41) is 11.8. The van der Waals surface area contributed by atoms with Gasteiger partial charge in [-0.2, -0.15) is 0 Å². The molecule has 1 heterocycles. The quantitative estimate of drug-likeness (QED) is 0.866. The molecule has 1 amide bonds. The van der Waals surface area contributed by atoms with Crippen molar-refractivity contribution in [1.82, 2.24) is 5.32 Å². The molecule has 0 saturated heterocycles. The van der Waals surface area contributed by atoms with E-state index in [1.165, 1.54) is 0 Å². The number of hydrogen-bond donors (Lipinski definition) is 2. The van der Waals surface area contributed by atoms with Crippen LogP contribution in [0.4, 0.5) is 4.79 Å². The molecule has 25 heavy (non-hydrogen) atoms. The van der Waals surface area contributed by atoms with Gasteiger partial charge in [0.15, 0.2) is 17.5 Å². The number of aliphatic carboxylic acids is 1. The third-order valence-corrected chi connectivity index (χ3v) is 3.62. The normalized spacial score (nSPS) is 13.6. The van der Waals surface area contributed by atoms with Gasteiger partial charge in [-0.1, -0.05) is 36.4 Å². The maximum atomic E-state index is 11.9. The van der Waals surface area contributed by atoms with E-state index in [-0.39, 0.29) is 6.61 Å². The first-order valence-electron chi connectivity index (χ1n) is 7.73. The van der Waals surface area contributed by atoms with Crippen molar-refractivity contribution in [2.45, 2.75) is 12.6 Å². The van der Waals surface area contributed by atoms with E-state index < -0.39 is 18.1 Å². The number of carbonyl (C=O) groups excluding carboxylic acids is 1. The lowest BCUT2D eigenvalue weighted by Gasteiger charge is -2.21. The molecule has 130 valence electrons. The topological polar surface area (TPSA) is 94.1 Å².